The Kier molecular flexibility index (Phi) is 2.13. The first-order valence-corrected chi connectivity index (χ1v) is 6.58. The number of thiazole rings is 1. The van der Waals surface area contributed by atoms with Crippen LogP contribution >= 0.6 is 11.3 Å². The number of nitrogens with one attached hydrogen (secondary N) is 1. The van der Waals surface area contributed by atoms with Crippen LogP contribution in [0.4, 0.5) is 0 Å². The van der Waals surface area contributed by atoms with Crippen LogP contribution < -0.4 is 5.32 Å². The van der Waals surface area contributed by atoms with Gasteiger partial charge < -0.3 is 5.32 Å². The zero-order valence-corrected chi connectivity index (χ0v) is 10.8. The lowest BCUT2D eigenvalue weighted by Gasteiger charge is -2.15. The minimum atomic E-state index is 0.144. The van der Waals surface area contributed by atoms with Gasteiger partial charge in [-0.2, -0.15) is 0 Å². The molecule has 0 saturated heterocycles. The Morgan fingerprint density at radius 3 is 3.00 bits per heavy atom. The molecule has 16 heavy (non-hydrogen) atoms. The monoisotopic (exact) mass is 235 g/mol. The third-order valence-corrected chi connectivity index (χ3v) is 4.19. The zero-order valence-electron chi connectivity index (χ0n) is 10.0. The first kappa shape index (κ1) is 10.3. The van der Waals surface area contributed by atoms with Crippen molar-refractivity contribution >= 4 is 16.3 Å². The molecule has 0 atom stereocenters. The number of hydrogen-bond acceptors (Lipinski definition) is 3. The lowest BCUT2D eigenvalue weighted by molar-refractivity contribution is 0.572. The van der Waals surface area contributed by atoms with Crippen LogP contribution in [0.5, 0.6) is 0 Å². The van der Waals surface area contributed by atoms with E-state index in [-0.39, 0.29) is 5.41 Å². The van der Waals surface area contributed by atoms with Crippen LogP contribution in [0.3, 0.4) is 0 Å². The number of fused-ring (bicyclic) bond motifs is 3. The Balaban J connectivity index is 2.17. The van der Waals surface area contributed by atoms with E-state index in [0.29, 0.717) is 0 Å². The summed E-state index contributed by atoms with van der Waals surface area (Å²) in [5.74, 6) is 0. The second-order valence-corrected chi connectivity index (χ2v) is 6.49. The molecule has 0 radical (unpaired) electrons. The molecule has 1 aliphatic heterocycles. The summed E-state index contributed by atoms with van der Waals surface area (Å²) in [5, 5.41) is 3.41. The van der Waals surface area contributed by atoms with Gasteiger partial charge in [0.15, 0.2) is 4.96 Å². The van der Waals surface area contributed by atoms with E-state index in [0.717, 1.165) is 24.5 Å². The predicted molar refractivity (Wildman–Crippen MR) is 67.2 cm³/mol. The second-order valence-electron chi connectivity index (χ2n) is 5.43. The van der Waals surface area contributed by atoms with E-state index >= 15 is 0 Å². The van der Waals surface area contributed by atoms with Gasteiger partial charge in [0.2, 0.25) is 0 Å². The molecule has 2 aromatic heterocycles. The van der Waals surface area contributed by atoms with Gasteiger partial charge in [0.25, 0.3) is 0 Å². The Morgan fingerprint density at radius 2 is 2.25 bits per heavy atom. The highest BCUT2D eigenvalue weighted by molar-refractivity contribution is 7.17. The van der Waals surface area contributed by atoms with Crippen LogP contribution in [-0.2, 0) is 18.4 Å². The Hall–Kier alpha value is -0.870. The molecule has 0 amide bonds. The molecule has 0 aliphatic carbocycles. The van der Waals surface area contributed by atoms with Crippen molar-refractivity contribution in [2.45, 2.75) is 39.2 Å². The summed E-state index contributed by atoms with van der Waals surface area (Å²) in [5.41, 5.74) is 2.80. The van der Waals surface area contributed by atoms with E-state index in [9.17, 15) is 0 Å². The van der Waals surface area contributed by atoms with Gasteiger partial charge in [-0.1, -0.05) is 32.1 Å². The van der Waals surface area contributed by atoms with Crippen LogP contribution in [0.2, 0.25) is 0 Å². The number of nitrogens with zero attached hydrogens (tertiary/aromatic N) is 2. The zero-order chi connectivity index (χ0) is 11.3. The molecule has 2 aromatic rings. The van der Waals surface area contributed by atoms with Crippen LogP contribution in [0.1, 0.15) is 37.0 Å². The van der Waals surface area contributed by atoms with Gasteiger partial charge in [0.1, 0.15) is 0 Å². The fourth-order valence-electron chi connectivity index (χ4n) is 2.10. The third kappa shape index (κ3) is 1.48. The Labute approximate surface area is 99.5 Å². The molecule has 3 nitrogen and oxygen atoms in total. The molecule has 86 valence electrons. The molecule has 0 bridgehead atoms. The van der Waals surface area contributed by atoms with Crippen molar-refractivity contribution in [3.05, 3.63) is 22.5 Å². The molecule has 4 heteroatoms. The molecule has 0 spiro atoms. The fraction of sp³-hybridized carbons (Fsp3) is 0.583. The maximum Gasteiger partial charge on any atom is 0.194 e. The summed E-state index contributed by atoms with van der Waals surface area (Å²) in [6.45, 7) is 8.74. The van der Waals surface area contributed by atoms with Gasteiger partial charge in [-0.25, -0.2) is 4.98 Å². The Bertz CT molecular complexity index is 530. The van der Waals surface area contributed by atoms with E-state index in [1.807, 2.05) is 11.3 Å². The van der Waals surface area contributed by atoms with Gasteiger partial charge in [0, 0.05) is 41.7 Å². The van der Waals surface area contributed by atoms with Gasteiger partial charge in [-0.05, 0) is 0 Å². The summed E-state index contributed by atoms with van der Waals surface area (Å²) >= 11 is 1.83. The number of rotatable bonds is 0. The van der Waals surface area contributed by atoms with E-state index in [4.69, 9.17) is 4.98 Å². The van der Waals surface area contributed by atoms with Crippen molar-refractivity contribution in [1.29, 1.82) is 0 Å². The highest BCUT2D eigenvalue weighted by Crippen LogP contribution is 2.29. The van der Waals surface area contributed by atoms with Crippen molar-refractivity contribution < 1.29 is 0 Å². The van der Waals surface area contributed by atoms with Crippen molar-refractivity contribution in [1.82, 2.24) is 14.7 Å². The summed E-state index contributed by atoms with van der Waals surface area (Å²) < 4.78 is 2.29. The second kappa shape index (κ2) is 3.31. The first-order chi connectivity index (χ1) is 7.55. The van der Waals surface area contributed by atoms with Crippen molar-refractivity contribution in [2.75, 3.05) is 6.54 Å². The SMILES string of the molecule is CC(C)(C)c1cn2c3c(sc2n1)CNCC3. The van der Waals surface area contributed by atoms with Crippen molar-refractivity contribution in [3.63, 3.8) is 0 Å². The number of hydrogen-bond donors (Lipinski definition) is 1. The van der Waals surface area contributed by atoms with E-state index in [2.05, 4.69) is 36.7 Å². The topological polar surface area (TPSA) is 29.3 Å². The summed E-state index contributed by atoms with van der Waals surface area (Å²) in [6, 6.07) is 0. The molecule has 0 saturated carbocycles. The highest BCUT2D eigenvalue weighted by Gasteiger charge is 2.22. The molecule has 0 unspecified atom stereocenters. The molecule has 1 aliphatic rings. The van der Waals surface area contributed by atoms with E-state index < -0.39 is 0 Å². The van der Waals surface area contributed by atoms with Gasteiger partial charge in [-0.15, -0.1) is 0 Å². The highest BCUT2D eigenvalue weighted by atomic mass is 32.1. The summed E-state index contributed by atoms with van der Waals surface area (Å²) in [6.07, 6.45) is 3.34. The number of imidazole rings is 1. The molecule has 3 rings (SSSR count). The molecule has 3 heterocycles. The van der Waals surface area contributed by atoms with Crippen LogP contribution in [-0.4, -0.2) is 15.9 Å². The number of aromatic nitrogens is 2. The first-order valence-electron chi connectivity index (χ1n) is 5.76. The van der Waals surface area contributed by atoms with Crippen molar-refractivity contribution in [2.24, 2.45) is 0 Å². The smallest absolute Gasteiger partial charge is 0.194 e. The minimum Gasteiger partial charge on any atom is -0.311 e. The predicted octanol–water partition coefficient (Wildman–Crippen LogP) is 2.34. The van der Waals surface area contributed by atoms with Crippen LogP contribution in [0.15, 0.2) is 6.20 Å². The third-order valence-electron chi connectivity index (χ3n) is 3.09. The molecular formula is C12H17N3S. The lowest BCUT2D eigenvalue weighted by atomic mass is 9.93. The summed E-state index contributed by atoms with van der Waals surface area (Å²) in [4.78, 5) is 7.35. The van der Waals surface area contributed by atoms with Crippen molar-refractivity contribution in [3.8, 4) is 0 Å². The Morgan fingerprint density at radius 1 is 1.44 bits per heavy atom. The van der Waals surface area contributed by atoms with E-state index in [1.54, 1.807) is 0 Å². The fourth-order valence-corrected chi connectivity index (χ4v) is 3.22. The largest absolute Gasteiger partial charge is 0.311 e. The molecular weight excluding hydrogens is 218 g/mol. The summed E-state index contributed by atoms with van der Waals surface area (Å²) in [7, 11) is 0. The maximum absolute atomic E-state index is 4.74. The van der Waals surface area contributed by atoms with E-state index in [1.165, 1.54) is 16.3 Å². The van der Waals surface area contributed by atoms with Gasteiger partial charge in [0.05, 0.1) is 5.69 Å². The molecule has 0 aromatic carbocycles. The van der Waals surface area contributed by atoms with Crippen LogP contribution in [0.25, 0.3) is 4.96 Å². The lowest BCUT2D eigenvalue weighted by Crippen LogP contribution is -2.23. The standard InChI is InChI=1S/C12H17N3S/c1-12(2,3)10-7-15-8-4-5-13-6-9(8)16-11(15)14-10/h7,13H,4-6H2,1-3H3. The normalized spacial score (nSPS) is 16.7. The minimum absolute atomic E-state index is 0.144. The van der Waals surface area contributed by atoms with Crippen LogP contribution in [0, 0.1) is 0 Å². The van der Waals surface area contributed by atoms with Gasteiger partial charge >= 0.3 is 0 Å². The average Bonchev–Trinajstić information content (AvgIpc) is 2.72. The van der Waals surface area contributed by atoms with Gasteiger partial charge in [-0.3, -0.25) is 4.40 Å². The quantitative estimate of drug-likeness (QED) is 0.759. The maximum atomic E-state index is 4.74. The average molecular weight is 235 g/mol. The molecule has 1 N–H and O–H groups in total. The molecule has 0 fully saturated rings.